The first-order valence-corrected chi connectivity index (χ1v) is 5.45. The van der Waals surface area contributed by atoms with Crippen LogP contribution in [0.3, 0.4) is 0 Å². The standard InChI is InChI=1S/C14H13FN2O/c1-9-8-12(6-7-13(9)14(16)17)18-11-4-2-10(15)3-5-11/h2-8H,1H3,(H3,16,17). The lowest BCUT2D eigenvalue weighted by Crippen LogP contribution is -2.12. The van der Waals surface area contributed by atoms with Crippen molar-refractivity contribution in [3.05, 3.63) is 59.4 Å². The van der Waals surface area contributed by atoms with Crippen LogP contribution < -0.4 is 10.5 Å². The molecule has 0 amide bonds. The number of amidine groups is 1. The van der Waals surface area contributed by atoms with Crippen molar-refractivity contribution < 1.29 is 9.13 Å². The van der Waals surface area contributed by atoms with Gasteiger partial charge in [-0.15, -0.1) is 0 Å². The number of aryl methyl sites for hydroxylation is 1. The van der Waals surface area contributed by atoms with Gasteiger partial charge in [-0.2, -0.15) is 0 Å². The normalized spacial score (nSPS) is 10.1. The number of hydrogen-bond acceptors (Lipinski definition) is 2. The van der Waals surface area contributed by atoms with Gasteiger partial charge in [-0.05, 0) is 55.0 Å². The van der Waals surface area contributed by atoms with Crippen molar-refractivity contribution in [3.63, 3.8) is 0 Å². The van der Waals surface area contributed by atoms with Crippen LogP contribution in [0.4, 0.5) is 4.39 Å². The summed E-state index contributed by atoms with van der Waals surface area (Å²) in [6, 6.07) is 11.1. The Hall–Kier alpha value is -2.36. The summed E-state index contributed by atoms with van der Waals surface area (Å²) >= 11 is 0. The molecule has 0 saturated heterocycles. The molecule has 0 saturated carbocycles. The van der Waals surface area contributed by atoms with Crippen molar-refractivity contribution in [3.8, 4) is 11.5 Å². The van der Waals surface area contributed by atoms with Crippen LogP contribution in [0.25, 0.3) is 0 Å². The summed E-state index contributed by atoms with van der Waals surface area (Å²) in [6.07, 6.45) is 0. The molecule has 0 fully saturated rings. The summed E-state index contributed by atoms with van der Waals surface area (Å²) in [7, 11) is 0. The molecule has 4 heteroatoms. The van der Waals surface area contributed by atoms with Crippen molar-refractivity contribution >= 4 is 5.84 Å². The van der Waals surface area contributed by atoms with E-state index in [0.29, 0.717) is 17.1 Å². The average molecular weight is 244 g/mol. The van der Waals surface area contributed by atoms with Crippen LogP contribution in [-0.4, -0.2) is 5.84 Å². The molecule has 18 heavy (non-hydrogen) atoms. The summed E-state index contributed by atoms with van der Waals surface area (Å²) in [5.41, 5.74) is 6.98. The van der Waals surface area contributed by atoms with Gasteiger partial charge in [0, 0.05) is 5.56 Å². The van der Waals surface area contributed by atoms with Crippen molar-refractivity contribution in [1.29, 1.82) is 5.41 Å². The molecule has 0 aliphatic rings. The molecular weight excluding hydrogens is 231 g/mol. The number of nitrogen functional groups attached to an aromatic ring is 1. The lowest BCUT2D eigenvalue weighted by atomic mass is 10.1. The summed E-state index contributed by atoms with van der Waals surface area (Å²) in [5, 5.41) is 7.39. The van der Waals surface area contributed by atoms with Gasteiger partial charge < -0.3 is 10.5 Å². The van der Waals surface area contributed by atoms with Crippen LogP contribution in [0.2, 0.25) is 0 Å². The molecule has 0 aromatic heterocycles. The highest BCUT2D eigenvalue weighted by molar-refractivity contribution is 5.96. The second kappa shape index (κ2) is 4.87. The van der Waals surface area contributed by atoms with E-state index in [1.54, 1.807) is 30.3 Å². The van der Waals surface area contributed by atoms with Crippen LogP contribution in [0, 0.1) is 18.2 Å². The zero-order valence-electron chi connectivity index (χ0n) is 9.91. The van der Waals surface area contributed by atoms with E-state index in [9.17, 15) is 4.39 Å². The third kappa shape index (κ3) is 2.66. The summed E-state index contributed by atoms with van der Waals surface area (Å²) < 4.78 is 18.3. The Labute approximate surface area is 105 Å². The number of halogens is 1. The van der Waals surface area contributed by atoms with Gasteiger partial charge in [-0.1, -0.05) is 0 Å². The number of ether oxygens (including phenoxy) is 1. The Morgan fingerprint density at radius 2 is 1.72 bits per heavy atom. The maximum atomic E-state index is 12.7. The fourth-order valence-corrected chi connectivity index (χ4v) is 1.64. The molecular formula is C14H13FN2O. The monoisotopic (exact) mass is 244 g/mol. The van der Waals surface area contributed by atoms with Gasteiger partial charge in [0.25, 0.3) is 0 Å². The SMILES string of the molecule is Cc1cc(Oc2ccc(F)cc2)ccc1C(=N)N. The number of rotatable bonds is 3. The zero-order valence-corrected chi connectivity index (χ0v) is 9.91. The number of hydrogen-bond donors (Lipinski definition) is 2. The van der Waals surface area contributed by atoms with E-state index in [1.165, 1.54) is 12.1 Å². The van der Waals surface area contributed by atoms with E-state index in [0.717, 1.165) is 5.56 Å². The molecule has 0 bridgehead atoms. The van der Waals surface area contributed by atoms with Crippen molar-refractivity contribution in [1.82, 2.24) is 0 Å². The van der Waals surface area contributed by atoms with Crippen LogP contribution in [0.15, 0.2) is 42.5 Å². The third-order valence-electron chi connectivity index (χ3n) is 2.54. The first kappa shape index (κ1) is 12.1. The molecule has 3 nitrogen and oxygen atoms in total. The van der Waals surface area contributed by atoms with Crippen LogP contribution in [0.1, 0.15) is 11.1 Å². The van der Waals surface area contributed by atoms with Gasteiger partial charge >= 0.3 is 0 Å². The number of nitrogens with two attached hydrogens (primary N) is 1. The fraction of sp³-hybridized carbons (Fsp3) is 0.0714. The number of benzene rings is 2. The lowest BCUT2D eigenvalue weighted by Gasteiger charge is -2.09. The molecule has 0 radical (unpaired) electrons. The van der Waals surface area contributed by atoms with E-state index < -0.39 is 0 Å². The topological polar surface area (TPSA) is 59.1 Å². The molecule has 92 valence electrons. The Morgan fingerprint density at radius 1 is 1.11 bits per heavy atom. The minimum atomic E-state index is -0.301. The molecule has 0 heterocycles. The molecule has 0 atom stereocenters. The third-order valence-corrected chi connectivity index (χ3v) is 2.54. The Bertz CT molecular complexity index is 579. The average Bonchev–Trinajstić information content (AvgIpc) is 2.32. The molecule has 3 N–H and O–H groups in total. The summed E-state index contributed by atoms with van der Waals surface area (Å²) in [5.74, 6) is 0.918. The number of nitrogens with one attached hydrogen (secondary N) is 1. The predicted octanol–water partition coefficient (Wildman–Crippen LogP) is 3.21. The van der Waals surface area contributed by atoms with E-state index in [2.05, 4.69) is 0 Å². The second-order valence-electron chi connectivity index (χ2n) is 3.95. The van der Waals surface area contributed by atoms with Gasteiger partial charge in [0.05, 0.1) is 0 Å². The molecule has 2 aromatic carbocycles. The highest BCUT2D eigenvalue weighted by atomic mass is 19.1. The minimum absolute atomic E-state index is 0.0285. The van der Waals surface area contributed by atoms with Crippen molar-refractivity contribution in [2.24, 2.45) is 5.73 Å². The molecule has 0 spiro atoms. The minimum Gasteiger partial charge on any atom is -0.457 e. The Kier molecular flexibility index (Phi) is 3.28. The van der Waals surface area contributed by atoms with E-state index in [-0.39, 0.29) is 11.7 Å². The first-order valence-electron chi connectivity index (χ1n) is 5.45. The fourth-order valence-electron chi connectivity index (χ4n) is 1.64. The quantitative estimate of drug-likeness (QED) is 0.643. The Balaban J connectivity index is 2.22. The van der Waals surface area contributed by atoms with Crippen molar-refractivity contribution in [2.45, 2.75) is 6.92 Å². The maximum Gasteiger partial charge on any atom is 0.127 e. The summed E-state index contributed by atoms with van der Waals surface area (Å²) in [4.78, 5) is 0. The highest BCUT2D eigenvalue weighted by Gasteiger charge is 2.04. The molecule has 0 aliphatic heterocycles. The van der Waals surface area contributed by atoms with E-state index in [1.807, 2.05) is 6.92 Å². The van der Waals surface area contributed by atoms with Crippen LogP contribution in [0.5, 0.6) is 11.5 Å². The highest BCUT2D eigenvalue weighted by Crippen LogP contribution is 2.23. The lowest BCUT2D eigenvalue weighted by molar-refractivity contribution is 0.480. The predicted molar refractivity (Wildman–Crippen MR) is 68.7 cm³/mol. The molecule has 0 aliphatic carbocycles. The maximum absolute atomic E-state index is 12.7. The summed E-state index contributed by atoms with van der Waals surface area (Å²) in [6.45, 7) is 1.86. The van der Waals surface area contributed by atoms with Gasteiger partial charge in [-0.25, -0.2) is 4.39 Å². The van der Waals surface area contributed by atoms with Gasteiger partial charge in [-0.3, -0.25) is 5.41 Å². The molecule has 2 rings (SSSR count). The van der Waals surface area contributed by atoms with Crippen molar-refractivity contribution in [2.75, 3.05) is 0 Å². The Morgan fingerprint density at radius 3 is 2.28 bits per heavy atom. The van der Waals surface area contributed by atoms with Gasteiger partial charge in [0.1, 0.15) is 23.2 Å². The molecule has 2 aromatic rings. The van der Waals surface area contributed by atoms with Crippen LogP contribution >= 0.6 is 0 Å². The molecule has 0 unspecified atom stereocenters. The van der Waals surface area contributed by atoms with E-state index >= 15 is 0 Å². The van der Waals surface area contributed by atoms with Gasteiger partial charge in [0.15, 0.2) is 0 Å². The van der Waals surface area contributed by atoms with Crippen LogP contribution in [-0.2, 0) is 0 Å². The largest absolute Gasteiger partial charge is 0.457 e. The second-order valence-corrected chi connectivity index (χ2v) is 3.95. The van der Waals surface area contributed by atoms with Gasteiger partial charge in [0.2, 0.25) is 0 Å². The zero-order chi connectivity index (χ0) is 13.1. The first-order chi connectivity index (χ1) is 8.56. The smallest absolute Gasteiger partial charge is 0.127 e. The van der Waals surface area contributed by atoms with E-state index in [4.69, 9.17) is 15.9 Å².